The molecular weight excluding hydrogens is 372 g/mol. The Morgan fingerprint density at radius 1 is 1.28 bits per heavy atom. The molecule has 0 aromatic heterocycles. The molecule has 3 aliphatic rings. The third kappa shape index (κ3) is 3.54. The van der Waals surface area contributed by atoms with Gasteiger partial charge >= 0.3 is 11.9 Å². The largest absolute Gasteiger partial charge is 0.468 e. The lowest BCUT2D eigenvalue weighted by molar-refractivity contribution is -0.197. The topological polar surface area (TPSA) is 82.2 Å². The van der Waals surface area contributed by atoms with E-state index >= 15 is 0 Å². The van der Waals surface area contributed by atoms with Gasteiger partial charge in [-0.1, -0.05) is 19.1 Å². The Morgan fingerprint density at radius 3 is 2.52 bits per heavy atom. The lowest BCUT2D eigenvalue weighted by Crippen LogP contribution is -2.60. The highest BCUT2D eigenvalue weighted by molar-refractivity contribution is 5.79. The average Bonchev–Trinajstić information content (AvgIpc) is 3.33. The number of aldehydes is 1. The normalized spacial score (nSPS) is 43.8. The summed E-state index contributed by atoms with van der Waals surface area (Å²) in [6.45, 7) is 11.9. The van der Waals surface area contributed by atoms with Crippen molar-refractivity contribution in [2.45, 2.75) is 84.0 Å². The van der Waals surface area contributed by atoms with Crippen LogP contribution in [-0.2, 0) is 28.6 Å². The Hall–Kier alpha value is -1.69. The van der Waals surface area contributed by atoms with Crippen LogP contribution in [0.15, 0.2) is 12.2 Å². The number of rotatable bonds is 6. The van der Waals surface area contributed by atoms with Crippen molar-refractivity contribution in [2.75, 3.05) is 7.11 Å². The number of esters is 2. The summed E-state index contributed by atoms with van der Waals surface area (Å²) in [5.41, 5.74) is -0.228. The third-order valence-corrected chi connectivity index (χ3v) is 8.10. The summed E-state index contributed by atoms with van der Waals surface area (Å²) in [5.74, 6) is -0.448. The van der Waals surface area contributed by atoms with Gasteiger partial charge in [0.1, 0.15) is 17.6 Å². The second-order valence-electron chi connectivity index (χ2n) is 9.74. The number of hydrogen-bond donors (Lipinski definition) is 0. The number of fused-ring (bicyclic) bond motifs is 1. The first-order valence-electron chi connectivity index (χ1n) is 10.6. The Kier molecular flexibility index (Phi) is 5.71. The van der Waals surface area contributed by atoms with Crippen molar-refractivity contribution in [3.05, 3.63) is 12.2 Å². The summed E-state index contributed by atoms with van der Waals surface area (Å²) in [4.78, 5) is 35.8. The second-order valence-corrected chi connectivity index (χ2v) is 9.74. The Morgan fingerprint density at radius 2 is 1.97 bits per heavy atom. The van der Waals surface area contributed by atoms with E-state index in [9.17, 15) is 14.4 Å². The van der Waals surface area contributed by atoms with Gasteiger partial charge in [0.25, 0.3) is 0 Å². The maximum Gasteiger partial charge on any atom is 0.315 e. The number of allylic oxidation sites excluding steroid dienone is 1. The van der Waals surface area contributed by atoms with Gasteiger partial charge in [-0.3, -0.25) is 9.59 Å². The summed E-state index contributed by atoms with van der Waals surface area (Å²) in [6, 6.07) is 0. The summed E-state index contributed by atoms with van der Waals surface area (Å²) in [7, 11) is 1.40. The Balaban J connectivity index is 1.89. The SMILES string of the molecule is C=C1CCC2C(C)(CCC(OC(C)=O)C2(C)C(=O)OC)C1CCC1(C)OC1C=O. The minimum Gasteiger partial charge on any atom is -0.468 e. The first kappa shape index (κ1) is 22.0. The van der Waals surface area contributed by atoms with Crippen LogP contribution in [0.1, 0.15) is 66.2 Å². The van der Waals surface area contributed by atoms with Crippen LogP contribution < -0.4 is 0 Å². The molecule has 29 heavy (non-hydrogen) atoms. The van der Waals surface area contributed by atoms with Crippen LogP contribution in [0.5, 0.6) is 0 Å². The molecule has 1 heterocycles. The predicted molar refractivity (Wildman–Crippen MR) is 107 cm³/mol. The number of carbonyl (C=O) groups excluding carboxylic acids is 3. The van der Waals surface area contributed by atoms with Crippen LogP contribution in [0, 0.1) is 22.7 Å². The average molecular weight is 407 g/mol. The molecule has 0 aromatic rings. The van der Waals surface area contributed by atoms with Crippen molar-refractivity contribution in [3.8, 4) is 0 Å². The number of carbonyl (C=O) groups is 3. The van der Waals surface area contributed by atoms with Gasteiger partial charge in [-0.15, -0.1) is 0 Å². The van der Waals surface area contributed by atoms with E-state index in [-0.39, 0.29) is 40.9 Å². The van der Waals surface area contributed by atoms with Gasteiger partial charge in [0.05, 0.1) is 12.7 Å². The van der Waals surface area contributed by atoms with Gasteiger partial charge < -0.3 is 19.0 Å². The molecule has 2 saturated carbocycles. The van der Waals surface area contributed by atoms with Crippen molar-refractivity contribution >= 4 is 18.2 Å². The molecular formula is C23H34O6. The standard InChI is InChI=1S/C23H34O6/c1-14-7-8-17-21(3,16(14)9-12-22(4)19(13-24)29-22)11-10-18(28-15(2)25)23(17,5)20(26)27-6/h13,16-19H,1,7-12H2,2-6H3. The zero-order valence-electron chi connectivity index (χ0n) is 18.3. The highest BCUT2D eigenvalue weighted by Gasteiger charge is 2.63. The zero-order chi connectivity index (χ0) is 21.6. The minimum absolute atomic E-state index is 0.0193. The smallest absolute Gasteiger partial charge is 0.315 e. The summed E-state index contributed by atoms with van der Waals surface area (Å²) >= 11 is 0. The fourth-order valence-electron chi connectivity index (χ4n) is 6.31. The molecule has 162 valence electrons. The lowest BCUT2D eigenvalue weighted by Gasteiger charge is -2.59. The van der Waals surface area contributed by atoms with Crippen LogP contribution in [0.4, 0.5) is 0 Å². The Bertz CT molecular complexity index is 716. The monoisotopic (exact) mass is 406 g/mol. The molecule has 0 aromatic carbocycles. The maximum atomic E-state index is 13.0. The number of hydrogen-bond acceptors (Lipinski definition) is 6. The lowest BCUT2D eigenvalue weighted by atomic mass is 9.45. The second kappa shape index (κ2) is 7.53. The van der Waals surface area contributed by atoms with Crippen molar-refractivity contribution in [3.63, 3.8) is 0 Å². The molecule has 7 unspecified atom stereocenters. The van der Waals surface area contributed by atoms with Crippen LogP contribution >= 0.6 is 0 Å². The Labute approximate surface area is 173 Å². The zero-order valence-corrected chi connectivity index (χ0v) is 18.3. The van der Waals surface area contributed by atoms with Gasteiger partial charge in [-0.25, -0.2) is 0 Å². The molecule has 3 rings (SSSR count). The van der Waals surface area contributed by atoms with Gasteiger partial charge in [0.2, 0.25) is 0 Å². The molecule has 1 aliphatic heterocycles. The van der Waals surface area contributed by atoms with Crippen LogP contribution in [0.25, 0.3) is 0 Å². The third-order valence-electron chi connectivity index (χ3n) is 8.10. The number of ether oxygens (including phenoxy) is 3. The van der Waals surface area contributed by atoms with E-state index in [0.29, 0.717) is 6.42 Å². The van der Waals surface area contributed by atoms with E-state index in [1.54, 1.807) is 0 Å². The quantitative estimate of drug-likeness (QED) is 0.290. The first-order valence-corrected chi connectivity index (χ1v) is 10.6. The summed E-state index contributed by atoms with van der Waals surface area (Å²) < 4.78 is 16.4. The minimum atomic E-state index is -0.891. The van der Waals surface area contributed by atoms with Gasteiger partial charge in [-0.2, -0.15) is 0 Å². The molecule has 6 nitrogen and oxygen atoms in total. The molecule has 7 atom stereocenters. The van der Waals surface area contributed by atoms with Gasteiger partial charge in [-0.05, 0) is 69.6 Å². The van der Waals surface area contributed by atoms with E-state index in [1.165, 1.54) is 19.6 Å². The van der Waals surface area contributed by atoms with Crippen LogP contribution in [0.3, 0.4) is 0 Å². The van der Waals surface area contributed by atoms with E-state index in [1.807, 2.05) is 13.8 Å². The van der Waals surface area contributed by atoms with E-state index < -0.39 is 11.5 Å². The van der Waals surface area contributed by atoms with E-state index in [4.69, 9.17) is 14.2 Å². The van der Waals surface area contributed by atoms with Crippen LogP contribution in [0.2, 0.25) is 0 Å². The van der Waals surface area contributed by atoms with Gasteiger partial charge in [0, 0.05) is 6.92 Å². The molecule has 1 saturated heterocycles. The molecule has 0 spiro atoms. The molecule has 2 aliphatic carbocycles. The summed E-state index contributed by atoms with van der Waals surface area (Å²) in [6.07, 6.45) is 4.84. The van der Waals surface area contributed by atoms with Crippen molar-refractivity contribution in [1.29, 1.82) is 0 Å². The predicted octanol–water partition coefficient (Wildman–Crippen LogP) is 3.62. The van der Waals surface area contributed by atoms with E-state index in [0.717, 1.165) is 38.4 Å². The van der Waals surface area contributed by atoms with Crippen molar-refractivity contribution in [1.82, 2.24) is 0 Å². The van der Waals surface area contributed by atoms with Crippen molar-refractivity contribution < 1.29 is 28.6 Å². The molecule has 0 radical (unpaired) electrons. The fraction of sp³-hybridized carbons (Fsp3) is 0.783. The van der Waals surface area contributed by atoms with Crippen LogP contribution in [-0.4, -0.2) is 43.1 Å². The highest BCUT2D eigenvalue weighted by atomic mass is 16.6. The number of methoxy groups -OCH3 is 1. The van der Waals surface area contributed by atoms with Crippen molar-refractivity contribution in [2.24, 2.45) is 22.7 Å². The molecule has 3 fully saturated rings. The van der Waals surface area contributed by atoms with Gasteiger partial charge in [0.15, 0.2) is 6.29 Å². The summed E-state index contributed by atoms with van der Waals surface area (Å²) in [5, 5.41) is 0. The maximum absolute atomic E-state index is 13.0. The highest BCUT2D eigenvalue weighted by Crippen LogP contribution is 2.63. The molecule has 0 bridgehead atoms. The van der Waals surface area contributed by atoms with E-state index in [2.05, 4.69) is 13.5 Å². The molecule has 0 amide bonds. The number of epoxide rings is 1. The molecule has 0 N–H and O–H groups in total. The molecule has 6 heteroatoms. The first-order chi connectivity index (χ1) is 13.5. The fourth-order valence-corrected chi connectivity index (χ4v) is 6.31.